The van der Waals surface area contributed by atoms with Crippen molar-refractivity contribution >= 4 is 17.1 Å². The molecule has 0 radical (unpaired) electrons. The summed E-state index contributed by atoms with van der Waals surface area (Å²) in [7, 11) is 2.12. The number of rotatable bonds is 2. The molecular formula is C20H24FN3O. The molecule has 0 atom stereocenters. The number of para-hydroxylation sites is 1. The van der Waals surface area contributed by atoms with Gasteiger partial charge in [-0.15, -0.1) is 0 Å². The fourth-order valence-corrected chi connectivity index (χ4v) is 3.66. The quantitative estimate of drug-likeness (QED) is 0.835. The van der Waals surface area contributed by atoms with Gasteiger partial charge >= 0.3 is 0 Å². The number of anilines is 3. The number of nitrogens with zero attached hydrogens (tertiary/aromatic N) is 3. The minimum atomic E-state index is -0.171. The van der Waals surface area contributed by atoms with Crippen LogP contribution in [0.2, 0.25) is 0 Å². The van der Waals surface area contributed by atoms with E-state index in [1.54, 1.807) is 6.07 Å². The summed E-state index contributed by atoms with van der Waals surface area (Å²) >= 11 is 0. The lowest BCUT2D eigenvalue weighted by Gasteiger charge is -2.30. The maximum absolute atomic E-state index is 14.4. The average molecular weight is 341 g/mol. The van der Waals surface area contributed by atoms with Crippen LogP contribution in [0.15, 0.2) is 42.5 Å². The molecule has 25 heavy (non-hydrogen) atoms. The van der Waals surface area contributed by atoms with Crippen molar-refractivity contribution in [1.82, 2.24) is 4.90 Å². The van der Waals surface area contributed by atoms with Crippen LogP contribution in [0.25, 0.3) is 0 Å². The topological polar surface area (TPSA) is 19.0 Å². The van der Waals surface area contributed by atoms with E-state index in [1.807, 2.05) is 12.1 Å². The Hall–Kier alpha value is -2.11. The molecule has 2 aliphatic heterocycles. The molecule has 0 bridgehead atoms. The number of likely N-dealkylation sites (N-methyl/N-ethyl adjacent to an activating group) is 1. The van der Waals surface area contributed by atoms with Crippen molar-refractivity contribution in [3.63, 3.8) is 0 Å². The highest BCUT2D eigenvalue weighted by Crippen LogP contribution is 2.35. The lowest BCUT2D eigenvalue weighted by Crippen LogP contribution is -2.36. The van der Waals surface area contributed by atoms with Gasteiger partial charge in [0.2, 0.25) is 0 Å². The monoisotopic (exact) mass is 341 g/mol. The van der Waals surface area contributed by atoms with E-state index in [4.69, 9.17) is 4.74 Å². The fraction of sp³-hybridized carbons (Fsp3) is 0.400. The molecular weight excluding hydrogens is 317 g/mol. The highest BCUT2D eigenvalue weighted by molar-refractivity contribution is 5.70. The molecule has 0 spiro atoms. The molecule has 0 aromatic heterocycles. The summed E-state index contributed by atoms with van der Waals surface area (Å²) in [6, 6.07) is 13.6. The van der Waals surface area contributed by atoms with Crippen molar-refractivity contribution < 1.29 is 9.13 Å². The van der Waals surface area contributed by atoms with E-state index in [0.717, 1.165) is 51.6 Å². The Morgan fingerprint density at radius 2 is 1.72 bits per heavy atom. The second kappa shape index (κ2) is 7.02. The Balaban J connectivity index is 1.73. The zero-order valence-corrected chi connectivity index (χ0v) is 14.6. The zero-order chi connectivity index (χ0) is 17.2. The fourth-order valence-electron chi connectivity index (χ4n) is 3.66. The van der Waals surface area contributed by atoms with Gasteiger partial charge in [-0.2, -0.15) is 0 Å². The first-order valence-corrected chi connectivity index (χ1v) is 8.88. The van der Waals surface area contributed by atoms with Gasteiger partial charge in [-0.3, -0.25) is 0 Å². The summed E-state index contributed by atoms with van der Waals surface area (Å²) in [5, 5.41) is 0. The van der Waals surface area contributed by atoms with Gasteiger partial charge < -0.3 is 19.4 Å². The van der Waals surface area contributed by atoms with Crippen LogP contribution < -0.4 is 9.80 Å². The summed E-state index contributed by atoms with van der Waals surface area (Å²) < 4.78 is 19.8. The lowest BCUT2D eigenvalue weighted by atomic mass is 10.1. The second-order valence-electron chi connectivity index (χ2n) is 6.75. The second-order valence-corrected chi connectivity index (χ2v) is 6.75. The molecule has 4 rings (SSSR count). The molecule has 132 valence electrons. The van der Waals surface area contributed by atoms with E-state index in [-0.39, 0.29) is 5.82 Å². The van der Waals surface area contributed by atoms with E-state index < -0.39 is 0 Å². The van der Waals surface area contributed by atoms with Crippen LogP contribution in [-0.2, 0) is 11.3 Å². The van der Waals surface area contributed by atoms with Crippen molar-refractivity contribution in [2.24, 2.45) is 0 Å². The highest BCUT2D eigenvalue weighted by atomic mass is 19.1. The van der Waals surface area contributed by atoms with Crippen LogP contribution in [0, 0.1) is 5.82 Å². The molecule has 0 aliphatic carbocycles. The van der Waals surface area contributed by atoms with Gasteiger partial charge in [0.15, 0.2) is 0 Å². The third kappa shape index (κ3) is 3.34. The van der Waals surface area contributed by atoms with E-state index in [1.165, 1.54) is 17.3 Å². The molecule has 2 aromatic rings. The van der Waals surface area contributed by atoms with Gasteiger partial charge in [-0.25, -0.2) is 4.39 Å². The van der Waals surface area contributed by atoms with Crippen LogP contribution in [0.5, 0.6) is 0 Å². The molecule has 0 saturated carbocycles. The number of ether oxygens (including phenoxy) is 1. The summed E-state index contributed by atoms with van der Waals surface area (Å²) in [5.74, 6) is -0.171. The molecule has 2 aromatic carbocycles. The van der Waals surface area contributed by atoms with Gasteiger partial charge in [0.05, 0.1) is 18.9 Å². The summed E-state index contributed by atoms with van der Waals surface area (Å²) in [6.45, 7) is 5.95. The molecule has 0 N–H and O–H groups in total. The van der Waals surface area contributed by atoms with Gasteiger partial charge in [0.25, 0.3) is 0 Å². The van der Waals surface area contributed by atoms with Crippen LogP contribution in [0.3, 0.4) is 0 Å². The Morgan fingerprint density at radius 1 is 0.920 bits per heavy atom. The maximum Gasteiger partial charge on any atom is 0.146 e. The van der Waals surface area contributed by atoms with Gasteiger partial charge in [0.1, 0.15) is 5.82 Å². The van der Waals surface area contributed by atoms with Crippen molar-refractivity contribution in [1.29, 1.82) is 0 Å². The molecule has 1 saturated heterocycles. The summed E-state index contributed by atoms with van der Waals surface area (Å²) in [4.78, 5) is 6.77. The van der Waals surface area contributed by atoms with E-state index in [9.17, 15) is 4.39 Å². The third-order valence-corrected chi connectivity index (χ3v) is 5.02. The maximum atomic E-state index is 14.4. The van der Waals surface area contributed by atoms with Gasteiger partial charge in [0, 0.05) is 44.1 Å². The molecule has 0 unspecified atom stereocenters. The zero-order valence-electron chi connectivity index (χ0n) is 14.6. The van der Waals surface area contributed by atoms with Crippen LogP contribution in [0.1, 0.15) is 5.56 Å². The first kappa shape index (κ1) is 16.4. The lowest BCUT2D eigenvalue weighted by molar-refractivity contribution is 0.122. The van der Waals surface area contributed by atoms with Crippen molar-refractivity contribution in [2.45, 2.75) is 6.54 Å². The number of hydrogen-bond donors (Lipinski definition) is 0. The Kier molecular flexibility index (Phi) is 4.59. The molecule has 4 nitrogen and oxygen atoms in total. The van der Waals surface area contributed by atoms with Crippen LogP contribution in [-0.4, -0.2) is 51.3 Å². The van der Waals surface area contributed by atoms with Gasteiger partial charge in [-0.1, -0.05) is 12.1 Å². The van der Waals surface area contributed by atoms with Crippen molar-refractivity contribution in [3.8, 4) is 0 Å². The SMILES string of the molecule is CN1CCN(c2ccccc2F)c2ccc(N3CCOCC3)cc2C1. The molecule has 2 aliphatic rings. The van der Waals surface area contributed by atoms with Crippen molar-refractivity contribution in [2.75, 3.05) is 56.2 Å². The van der Waals surface area contributed by atoms with E-state index in [2.05, 4.69) is 39.9 Å². The summed E-state index contributed by atoms with van der Waals surface area (Å²) in [6.07, 6.45) is 0. The minimum Gasteiger partial charge on any atom is -0.378 e. The normalized spacial score (nSPS) is 18.8. The smallest absolute Gasteiger partial charge is 0.146 e. The van der Waals surface area contributed by atoms with Crippen molar-refractivity contribution in [3.05, 3.63) is 53.8 Å². The molecule has 0 amide bonds. The minimum absolute atomic E-state index is 0.171. The van der Waals surface area contributed by atoms with E-state index in [0.29, 0.717) is 5.69 Å². The number of hydrogen-bond acceptors (Lipinski definition) is 4. The molecule has 2 heterocycles. The summed E-state index contributed by atoms with van der Waals surface area (Å²) in [5.41, 5.74) is 4.22. The van der Waals surface area contributed by atoms with Gasteiger partial charge in [-0.05, 0) is 42.9 Å². The largest absolute Gasteiger partial charge is 0.378 e. The Labute approximate surface area is 148 Å². The molecule has 1 fully saturated rings. The van der Waals surface area contributed by atoms with E-state index >= 15 is 0 Å². The Bertz CT molecular complexity index is 745. The number of halogens is 1. The average Bonchev–Trinajstić information content (AvgIpc) is 2.80. The highest BCUT2D eigenvalue weighted by Gasteiger charge is 2.22. The Morgan fingerprint density at radius 3 is 2.52 bits per heavy atom. The molecule has 5 heteroatoms. The number of fused-ring (bicyclic) bond motifs is 1. The third-order valence-electron chi connectivity index (χ3n) is 5.02. The first-order chi connectivity index (χ1) is 12.2. The predicted octanol–water partition coefficient (Wildman–Crippen LogP) is 3.25. The van der Waals surface area contributed by atoms with Crippen LogP contribution >= 0.6 is 0 Å². The first-order valence-electron chi connectivity index (χ1n) is 8.88. The number of benzene rings is 2. The number of morpholine rings is 1. The standard InChI is InChI=1S/C20H24FN3O/c1-22-8-9-24(20-5-3-2-4-18(20)21)19-7-6-17(14-16(19)15-22)23-10-12-25-13-11-23/h2-7,14H,8-13,15H2,1H3. The predicted molar refractivity (Wildman–Crippen MR) is 99.2 cm³/mol. The van der Waals surface area contributed by atoms with Crippen LogP contribution in [0.4, 0.5) is 21.5 Å².